The number of pyridine rings is 1. The third kappa shape index (κ3) is 5.48. The topological polar surface area (TPSA) is 88.5 Å². The summed E-state index contributed by atoms with van der Waals surface area (Å²) in [4.78, 5) is 6.69. The van der Waals surface area contributed by atoms with Crippen LogP contribution in [0.4, 0.5) is 11.4 Å². The zero-order valence-electron chi connectivity index (χ0n) is 22.3. The fourth-order valence-electron chi connectivity index (χ4n) is 5.21. The van der Waals surface area contributed by atoms with Gasteiger partial charge in [0, 0.05) is 29.8 Å². The van der Waals surface area contributed by atoms with Gasteiger partial charge >= 0.3 is 0 Å². The average Bonchev–Trinajstić information content (AvgIpc) is 3.39. The van der Waals surface area contributed by atoms with Gasteiger partial charge in [-0.3, -0.25) is 9.71 Å². The molecule has 0 aliphatic carbocycles. The molecule has 4 aromatic rings. The molecule has 5 rings (SSSR count). The number of hydrogen-bond donors (Lipinski definition) is 2. The Labute approximate surface area is 234 Å². The van der Waals surface area contributed by atoms with Crippen LogP contribution in [0.3, 0.4) is 0 Å². The van der Waals surface area contributed by atoms with Crippen molar-refractivity contribution in [3.05, 3.63) is 107 Å². The Morgan fingerprint density at radius 3 is 2.46 bits per heavy atom. The SMILES string of the molecule is COc1ccc(N2C(=S)N[C@@H](c3ccccn3)[C@H]2c2cc(C)n(Cc3ccccc3)c2C)cc1NS(C)(=O)=O. The zero-order chi connectivity index (χ0) is 27.7. The molecule has 2 atom stereocenters. The van der Waals surface area contributed by atoms with Crippen molar-refractivity contribution >= 4 is 38.7 Å². The number of benzene rings is 2. The summed E-state index contributed by atoms with van der Waals surface area (Å²) in [6, 6.07) is 23.4. The largest absolute Gasteiger partial charge is 0.495 e. The summed E-state index contributed by atoms with van der Waals surface area (Å²) >= 11 is 5.89. The van der Waals surface area contributed by atoms with Crippen molar-refractivity contribution in [2.75, 3.05) is 23.0 Å². The molecule has 3 heterocycles. The van der Waals surface area contributed by atoms with Crippen LogP contribution in [0.2, 0.25) is 0 Å². The second-order valence-corrected chi connectivity index (χ2v) is 11.8. The maximum atomic E-state index is 12.1. The number of sulfonamides is 1. The summed E-state index contributed by atoms with van der Waals surface area (Å²) in [5.41, 5.74) is 6.53. The Bertz CT molecular complexity index is 1600. The normalized spacial score (nSPS) is 17.2. The number of nitrogens with one attached hydrogen (secondary N) is 2. The van der Waals surface area contributed by atoms with E-state index in [0.29, 0.717) is 16.5 Å². The van der Waals surface area contributed by atoms with Crippen LogP contribution in [0.15, 0.2) is 79.0 Å². The molecule has 0 bridgehead atoms. The predicted molar refractivity (Wildman–Crippen MR) is 159 cm³/mol. The van der Waals surface area contributed by atoms with Crippen molar-refractivity contribution in [2.24, 2.45) is 0 Å². The van der Waals surface area contributed by atoms with Gasteiger partial charge in [0.15, 0.2) is 5.11 Å². The lowest BCUT2D eigenvalue weighted by Gasteiger charge is -2.29. The van der Waals surface area contributed by atoms with Gasteiger partial charge in [-0.25, -0.2) is 8.42 Å². The first kappa shape index (κ1) is 26.7. The summed E-state index contributed by atoms with van der Waals surface area (Å²) in [5.74, 6) is 0.418. The number of methoxy groups -OCH3 is 1. The highest BCUT2D eigenvalue weighted by Crippen LogP contribution is 2.44. The molecule has 10 heteroatoms. The van der Waals surface area contributed by atoms with Gasteiger partial charge < -0.3 is 19.5 Å². The van der Waals surface area contributed by atoms with Crippen LogP contribution >= 0.6 is 12.2 Å². The minimum atomic E-state index is -3.53. The van der Waals surface area contributed by atoms with Crippen LogP contribution in [0.5, 0.6) is 5.75 Å². The molecule has 8 nitrogen and oxygen atoms in total. The lowest BCUT2D eigenvalue weighted by atomic mass is 9.96. The first-order chi connectivity index (χ1) is 18.7. The number of thiocarbonyl (C=S) groups is 1. The van der Waals surface area contributed by atoms with E-state index in [9.17, 15) is 8.42 Å². The molecule has 0 unspecified atom stereocenters. The van der Waals surface area contributed by atoms with E-state index in [1.807, 2.05) is 47.4 Å². The molecule has 1 aliphatic heterocycles. The summed E-state index contributed by atoms with van der Waals surface area (Å²) in [5, 5.41) is 4.01. The molecule has 1 saturated heterocycles. The van der Waals surface area contributed by atoms with Crippen LogP contribution < -0.4 is 19.7 Å². The summed E-state index contributed by atoms with van der Waals surface area (Å²) < 4.78 is 34.5. The Morgan fingerprint density at radius 1 is 1.05 bits per heavy atom. The second kappa shape index (κ2) is 10.7. The smallest absolute Gasteiger partial charge is 0.229 e. The first-order valence-corrected chi connectivity index (χ1v) is 14.8. The molecule has 0 spiro atoms. The quantitative estimate of drug-likeness (QED) is 0.289. The number of hydrogen-bond acceptors (Lipinski definition) is 5. The Hall–Kier alpha value is -3.89. The predicted octanol–water partition coefficient (Wildman–Crippen LogP) is 5.11. The van der Waals surface area contributed by atoms with Crippen molar-refractivity contribution < 1.29 is 13.2 Å². The van der Waals surface area contributed by atoms with Gasteiger partial charge in [0.2, 0.25) is 10.0 Å². The van der Waals surface area contributed by atoms with E-state index in [2.05, 4.69) is 51.6 Å². The van der Waals surface area contributed by atoms with Crippen LogP contribution in [-0.4, -0.2) is 36.4 Å². The summed E-state index contributed by atoms with van der Waals surface area (Å²) in [7, 11) is -2.03. The van der Waals surface area contributed by atoms with Crippen molar-refractivity contribution in [3.8, 4) is 5.75 Å². The van der Waals surface area contributed by atoms with Gasteiger partial charge in [-0.05, 0) is 73.6 Å². The van der Waals surface area contributed by atoms with E-state index in [-0.39, 0.29) is 12.1 Å². The Kier molecular flexibility index (Phi) is 7.33. The van der Waals surface area contributed by atoms with Crippen molar-refractivity contribution in [1.82, 2.24) is 14.9 Å². The van der Waals surface area contributed by atoms with E-state index < -0.39 is 10.0 Å². The van der Waals surface area contributed by atoms with E-state index in [4.69, 9.17) is 17.0 Å². The van der Waals surface area contributed by atoms with Crippen molar-refractivity contribution in [1.29, 1.82) is 0 Å². The number of anilines is 2. The Morgan fingerprint density at radius 2 is 1.79 bits per heavy atom. The molecule has 0 radical (unpaired) electrons. The molecule has 0 saturated carbocycles. The molecule has 0 amide bonds. The minimum absolute atomic E-state index is 0.224. The fourth-order valence-corrected chi connectivity index (χ4v) is 6.12. The van der Waals surface area contributed by atoms with Gasteiger partial charge in [0.05, 0.1) is 36.8 Å². The summed E-state index contributed by atoms with van der Waals surface area (Å²) in [6.07, 6.45) is 2.89. The number of nitrogens with zero attached hydrogens (tertiary/aromatic N) is 3. The Balaban J connectivity index is 1.64. The third-order valence-corrected chi connectivity index (χ3v) is 7.87. The standard InChI is InChI=1S/C29H31N5O3S2/c1-19-16-23(20(2)33(19)18-21-10-6-5-7-11-21)28-27(24-12-8-9-15-30-24)31-29(38)34(28)22-13-14-26(37-3)25(17-22)32-39(4,35)36/h5-17,27-28,32H,18H2,1-4H3,(H,31,38)/t27-,28+/m0/s1. The molecule has 2 aromatic carbocycles. The van der Waals surface area contributed by atoms with Crippen LogP contribution in [0.25, 0.3) is 0 Å². The molecule has 2 aromatic heterocycles. The molecule has 39 heavy (non-hydrogen) atoms. The summed E-state index contributed by atoms with van der Waals surface area (Å²) in [6.45, 7) is 5.00. The van der Waals surface area contributed by atoms with Crippen LogP contribution in [-0.2, 0) is 16.6 Å². The maximum Gasteiger partial charge on any atom is 0.229 e. The van der Waals surface area contributed by atoms with Gasteiger partial charge in [-0.2, -0.15) is 0 Å². The van der Waals surface area contributed by atoms with Gasteiger partial charge in [0.25, 0.3) is 0 Å². The number of aromatic nitrogens is 2. The number of aryl methyl sites for hydroxylation is 1. The monoisotopic (exact) mass is 561 g/mol. The van der Waals surface area contributed by atoms with Gasteiger partial charge in [-0.1, -0.05) is 36.4 Å². The maximum absolute atomic E-state index is 12.1. The van der Waals surface area contributed by atoms with E-state index >= 15 is 0 Å². The van der Waals surface area contributed by atoms with E-state index in [0.717, 1.165) is 41.1 Å². The number of ether oxygens (including phenoxy) is 1. The molecule has 1 aliphatic rings. The highest BCUT2D eigenvalue weighted by molar-refractivity contribution is 7.92. The van der Waals surface area contributed by atoms with Crippen LogP contribution in [0.1, 0.15) is 40.3 Å². The molecule has 2 N–H and O–H groups in total. The van der Waals surface area contributed by atoms with Crippen molar-refractivity contribution in [3.63, 3.8) is 0 Å². The van der Waals surface area contributed by atoms with Gasteiger partial charge in [-0.15, -0.1) is 0 Å². The molecular weight excluding hydrogens is 530 g/mol. The number of rotatable bonds is 8. The fraction of sp³-hybridized carbons (Fsp3) is 0.241. The lowest BCUT2D eigenvalue weighted by Crippen LogP contribution is -2.29. The average molecular weight is 562 g/mol. The lowest BCUT2D eigenvalue weighted by molar-refractivity contribution is 0.417. The van der Waals surface area contributed by atoms with E-state index in [1.54, 1.807) is 18.3 Å². The molecular formula is C29H31N5O3S2. The third-order valence-electron chi connectivity index (χ3n) is 6.97. The molecule has 1 fully saturated rings. The first-order valence-electron chi connectivity index (χ1n) is 12.5. The van der Waals surface area contributed by atoms with Gasteiger partial charge in [0.1, 0.15) is 5.75 Å². The van der Waals surface area contributed by atoms with Crippen LogP contribution in [0, 0.1) is 13.8 Å². The molecule has 202 valence electrons. The minimum Gasteiger partial charge on any atom is -0.495 e. The van der Waals surface area contributed by atoms with Crippen molar-refractivity contribution in [2.45, 2.75) is 32.5 Å². The second-order valence-electron chi connectivity index (χ2n) is 9.65. The van der Waals surface area contributed by atoms with E-state index in [1.165, 1.54) is 12.7 Å². The highest BCUT2D eigenvalue weighted by atomic mass is 32.2. The highest BCUT2D eigenvalue weighted by Gasteiger charge is 2.42. The zero-order valence-corrected chi connectivity index (χ0v) is 23.9.